The maximum atomic E-state index is 14.1. The van der Waals surface area contributed by atoms with Crippen molar-refractivity contribution in [2.75, 3.05) is 0 Å². The molecule has 5 aromatic rings. The minimum absolute atomic E-state index is 0.0645. The second-order valence-corrected chi connectivity index (χ2v) is 10.4. The van der Waals surface area contributed by atoms with E-state index in [0.717, 1.165) is 72.0 Å². The van der Waals surface area contributed by atoms with E-state index >= 15 is 0 Å². The lowest BCUT2D eigenvalue weighted by atomic mass is 9.94. The van der Waals surface area contributed by atoms with Crippen molar-refractivity contribution in [3.05, 3.63) is 92.1 Å². The Morgan fingerprint density at radius 2 is 1.74 bits per heavy atom. The van der Waals surface area contributed by atoms with Crippen molar-refractivity contribution in [3.63, 3.8) is 0 Å². The third-order valence-electron chi connectivity index (χ3n) is 7.69. The molecule has 3 aromatic heterocycles. The Hall–Kier alpha value is -4.27. The fraction of sp³-hybridized carbons (Fsp3) is 0.367. The first-order valence-electron chi connectivity index (χ1n) is 13.8. The van der Waals surface area contributed by atoms with Crippen molar-refractivity contribution in [1.82, 2.24) is 29.3 Å². The van der Waals surface area contributed by atoms with E-state index in [1.54, 1.807) is 0 Å². The van der Waals surface area contributed by atoms with Crippen LogP contribution in [0.4, 0.5) is 0 Å². The van der Waals surface area contributed by atoms with E-state index in [1.807, 2.05) is 52.4 Å². The van der Waals surface area contributed by atoms with Gasteiger partial charge in [-0.3, -0.25) is 18.9 Å². The first-order valence-corrected chi connectivity index (χ1v) is 13.8. The predicted octanol–water partition coefficient (Wildman–Crippen LogP) is 5.26. The number of benzene rings is 2. The van der Waals surface area contributed by atoms with E-state index in [9.17, 15) is 9.59 Å². The van der Waals surface area contributed by atoms with E-state index in [-0.39, 0.29) is 11.6 Å². The zero-order chi connectivity index (χ0) is 26.9. The van der Waals surface area contributed by atoms with Crippen LogP contribution in [0.25, 0.3) is 28.3 Å². The first kappa shape index (κ1) is 25.0. The molecule has 0 aliphatic heterocycles. The molecular formula is C30H32N6O3. The van der Waals surface area contributed by atoms with Gasteiger partial charge in [0.2, 0.25) is 5.78 Å². The van der Waals surface area contributed by atoms with Gasteiger partial charge in [-0.2, -0.15) is 10.1 Å². The van der Waals surface area contributed by atoms with Gasteiger partial charge in [0.25, 0.3) is 5.56 Å². The second kappa shape index (κ2) is 10.5. The highest BCUT2D eigenvalue weighted by Crippen LogP contribution is 2.31. The summed E-state index contributed by atoms with van der Waals surface area (Å²) in [7, 11) is 0. The average molecular weight is 525 g/mol. The molecule has 1 aliphatic rings. The third-order valence-corrected chi connectivity index (χ3v) is 7.69. The number of aryl methyl sites for hydroxylation is 2. The minimum atomic E-state index is -0.587. The molecule has 9 nitrogen and oxygen atoms in total. The molecule has 1 fully saturated rings. The Morgan fingerprint density at radius 3 is 2.44 bits per heavy atom. The molecule has 9 heteroatoms. The zero-order valence-electron chi connectivity index (χ0n) is 22.3. The molecule has 3 heterocycles. The van der Waals surface area contributed by atoms with Crippen molar-refractivity contribution in [1.29, 1.82) is 0 Å². The highest BCUT2D eigenvalue weighted by Gasteiger charge is 2.25. The molecular weight excluding hydrogens is 492 g/mol. The van der Waals surface area contributed by atoms with Crippen molar-refractivity contribution < 1.29 is 4.52 Å². The highest BCUT2D eigenvalue weighted by atomic mass is 16.5. The summed E-state index contributed by atoms with van der Waals surface area (Å²) in [6.45, 7) is 4.02. The lowest BCUT2D eigenvalue weighted by Gasteiger charge is -2.25. The molecule has 2 aromatic carbocycles. The smallest absolute Gasteiger partial charge is 0.296 e. The fourth-order valence-corrected chi connectivity index (χ4v) is 5.86. The van der Waals surface area contributed by atoms with Gasteiger partial charge in [-0.1, -0.05) is 86.3 Å². The molecule has 0 amide bonds. The number of aromatic amines is 1. The number of nitrogens with zero attached hydrogens (tertiary/aromatic N) is 5. The largest absolute Gasteiger partial charge is 0.439 e. The molecule has 0 atom stereocenters. The lowest BCUT2D eigenvalue weighted by Crippen LogP contribution is -2.33. The van der Waals surface area contributed by atoms with Crippen LogP contribution in [-0.2, 0) is 12.8 Å². The van der Waals surface area contributed by atoms with Gasteiger partial charge in [-0.05, 0) is 42.9 Å². The second-order valence-electron chi connectivity index (χ2n) is 10.4. The van der Waals surface area contributed by atoms with Crippen LogP contribution in [0, 0.1) is 6.92 Å². The van der Waals surface area contributed by atoms with E-state index < -0.39 is 5.76 Å². The van der Waals surface area contributed by atoms with E-state index in [4.69, 9.17) is 14.6 Å². The molecule has 0 bridgehead atoms. The number of fused-ring (bicyclic) bond motifs is 1. The summed E-state index contributed by atoms with van der Waals surface area (Å²) in [4.78, 5) is 33.0. The summed E-state index contributed by atoms with van der Waals surface area (Å²) in [6.07, 6.45) is 7.67. The molecule has 6 rings (SSSR count). The van der Waals surface area contributed by atoms with Crippen LogP contribution < -0.4 is 11.3 Å². The summed E-state index contributed by atoms with van der Waals surface area (Å²) in [6, 6.07) is 16.1. The van der Waals surface area contributed by atoms with E-state index in [2.05, 4.69) is 29.2 Å². The van der Waals surface area contributed by atoms with Gasteiger partial charge in [-0.15, -0.1) is 0 Å². The van der Waals surface area contributed by atoms with Crippen LogP contribution >= 0.6 is 0 Å². The molecule has 1 aliphatic carbocycles. The topological polar surface area (TPSA) is 111 Å². The van der Waals surface area contributed by atoms with Crippen LogP contribution in [0.2, 0.25) is 0 Å². The zero-order valence-corrected chi connectivity index (χ0v) is 22.3. The maximum Gasteiger partial charge on any atom is 0.439 e. The summed E-state index contributed by atoms with van der Waals surface area (Å²) in [5, 5.41) is 8.59. The van der Waals surface area contributed by atoms with Crippen molar-refractivity contribution in [3.8, 4) is 22.5 Å². The quantitative estimate of drug-likeness (QED) is 0.311. The molecule has 0 saturated heterocycles. The monoisotopic (exact) mass is 524 g/mol. The van der Waals surface area contributed by atoms with Crippen LogP contribution in [0.15, 0.2) is 62.6 Å². The first-order chi connectivity index (χ1) is 19.0. The third kappa shape index (κ3) is 4.73. The van der Waals surface area contributed by atoms with Crippen molar-refractivity contribution in [2.45, 2.75) is 71.3 Å². The van der Waals surface area contributed by atoms with Gasteiger partial charge < -0.3 is 0 Å². The van der Waals surface area contributed by atoms with Crippen LogP contribution in [-0.4, -0.2) is 29.3 Å². The Morgan fingerprint density at radius 1 is 1.00 bits per heavy atom. The Balaban J connectivity index is 1.41. The average Bonchev–Trinajstić information content (AvgIpc) is 3.57. The number of aromatic nitrogens is 6. The fourth-order valence-electron chi connectivity index (χ4n) is 5.86. The molecule has 0 spiro atoms. The molecule has 1 saturated carbocycles. The summed E-state index contributed by atoms with van der Waals surface area (Å²) >= 11 is 0. The number of hydrogen-bond acceptors (Lipinski definition) is 6. The van der Waals surface area contributed by atoms with Gasteiger partial charge in [0.1, 0.15) is 5.82 Å². The van der Waals surface area contributed by atoms with Gasteiger partial charge in [-0.25, -0.2) is 9.31 Å². The van der Waals surface area contributed by atoms with Crippen LogP contribution in [0.1, 0.15) is 74.1 Å². The molecule has 0 radical (unpaired) electrons. The normalized spacial score (nSPS) is 14.3. The van der Waals surface area contributed by atoms with E-state index in [1.165, 1.54) is 6.42 Å². The lowest BCUT2D eigenvalue weighted by molar-refractivity contribution is 0.348. The van der Waals surface area contributed by atoms with E-state index in [0.29, 0.717) is 23.8 Å². The maximum absolute atomic E-state index is 14.1. The van der Waals surface area contributed by atoms with Crippen molar-refractivity contribution in [2.24, 2.45) is 0 Å². The number of nitrogens with one attached hydrogen (secondary N) is 1. The Labute approximate surface area is 225 Å². The summed E-state index contributed by atoms with van der Waals surface area (Å²) < 4.78 is 8.57. The van der Waals surface area contributed by atoms with Gasteiger partial charge in [0, 0.05) is 23.6 Å². The molecule has 1 N–H and O–H groups in total. The van der Waals surface area contributed by atoms with Gasteiger partial charge in [0.05, 0.1) is 5.69 Å². The number of H-pyrrole nitrogens is 1. The Bertz CT molecular complexity index is 1740. The summed E-state index contributed by atoms with van der Waals surface area (Å²) in [5.41, 5.74) is 5.56. The highest BCUT2D eigenvalue weighted by molar-refractivity contribution is 5.80. The van der Waals surface area contributed by atoms with Gasteiger partial charge >= 0.3 is 5.76 Å². The standard InChI is InChI=1S/C30H32N6O3/c1-3-9-26-25(28(37)35(22-10-5-4-6-11-22)29-31-19(2)33-36(26)29)18-20-14-16-21(17-15-20)23-12-7-8-13-24(23)27-32-30(38)39-34-27/h7-8,12-17,22H,3-6,9-11,18H2,1-2H3,(H,32,34,38). The SMILES string of the molecule is CCCc1c(Cc2ccc(-c3ccccc3-c3noc(=O)[nH]3)cc2)c(=O)n(C2CCCCC2)c2nc(C)nn12. The minimum Gasteiger partial charge on any atom is -0.296 e. The van der Waals surface area contributed by atoms with Crippen LogP contribution in [0.3, 0.4) is 0 Å². The van der Waals surface area contributed by atoms with Crippen LogP contribution in [0.5, 0.6) is 0 Å². The molecule has 0 unspecified atom stereocenters. The molecule has 200 valence electrons. The molecule has 39 heavy (non-hydrogen) atoms. The van der Waals surface area contributed by atoms with Gasteiger partial charge in [0.15, 0.2) is 5.82 Å². The van der Waals surface area contributed by atoms with Crippen molar-refractivity contribution >= 4 is 5.78 Å². The summed E-state index contributed by atoms with van der Waals surface area (Å²) in [5.74, 6) is 1.17. The Kier molecular flexibility index (Phi) is 6.72. The predicted molar refractivity (Wildman–Crippen MR) is 149 cm³/mol. The number of rotatable bonds is 7. The number of hydrogen-bond donors (Lipinski definition) is 1.